The highest BCUT2D eigenvalue weighted by Gasteiger charge is 2.21. The normalized spacial score (nSPS) is 11.8. The molecule has 0 bridgehead atoms. The number of hydrogen-bond donors (Lipinski definition) is 0. The van der Waals surface area contributed by atoms with Gasteiger partial charge in [0.1, 0.15) is 18.4 Å². The third kappa shape index (κ3) is 3.59. The van der Waals surface area contributed by atoms with Crippen LogP contribution in [0.4, 0.5) is 0 Å². The summed E-state index contributed by atoms with van der Waals surface area (Å²) in [5.41, 5.74) is 2.54. The molecule has 0 saturated carbocycles. The first-order chi connectivity index (χ1) is 12.6. The monoisotopic (exact) mass is 350 g/mol. The lowest BCUT2D eigenvalue weighted by Crippen LogP contribution is -2.30. The van der Waals surface area contributed by atoms with Crippen molar-refractivity contribution in [3.8, 4) is 11.4 Å². The van der Waals surface area contributed by atoms with Crippen LogP contribution in [0.1, 0.15) is 35.8 Å². The molecular formula is C20H22N4O2. The zero-order chi connectivity index (χ0) is 18.5. The number of para-hydroxylation sites is 1. The quantitative estimate of drug-likeness (QED) is 0.683. The van der Waals surface area contributed by atoms with Crippen LogP contribution >= 0.6 is 0 Å². The number of benzene rings is 2. The highest BCUT2D eigenvalue weighted by atomic mass is 16.5. The zero-order valence-electron chi connectivity index (χ0n) is 15.2. The Balaban J connectivity index is 1.79. The molecule has 0 aliphatic heterocycles. The van der Waals surface area contributed by atoms with E-state index in [-0.39, 0.29) is 11.9 Å². The van der Waals surface area contributed by atoms with Gasteiger partial charge in [0.15, 0.2) is 0 Å². The standard InChI is InChI=1S/C20H22N4O2/c1-4-26-19-8-6-5-7-18(19)20(25)23(3)15(2)16-9-11-17(12-10-16)24-14-21-13-22-24/h5-15H,4H2,1-3H3. The van der Waals surface area contributed by atoms with Crippen molar-refractivity contribution in [2.45, 2.75) is 19.9 Å². The number of hydrogen-bond acceptors (Lipinski definition) is 4. The average molecular weight is 350 g/mol. The predicted octanol–water partition coefficient (Wildman–Crippen LogP) is 3.50. The minimum atomic E-state index is -0.0815. The number of aromatic nitrogens is 3. The van der Waals surface area contributed by atoms with Gasteiger partial charge in [-0.2, -0.15) is 5.10 Å². The number of carbonyl (C=O) groups excluding carboxylic acids is 1. The lowest BCUT2D eigenvalue weighted by molar-refractivity contribution is 0.0738. The molecule has 6 nitrogen and oxygen atoms in total. The van der Waals surface area contributed by atoms with Gasteiger partial charge in [0.2, 0.25) is 0 Å². The zero-order valence-corrected chi connectivity index (χ0v) is 15.2. The van der Waals surface area contributed by atoms with Crippen LogP contribution in [0.25, 0.3) is 5.69 Å². The molecule has 1 aromatic heterocycles. The molecule has 1 unspecified atom stereocenters. The van der Waals surface area contributed by atoms with Crippen LogP contribution in [-0.4, -0.2) is 39.2 Å². The summed E-state index contributed by atoms with van der Waals surface area (Å²) < 4.78 is 7.28. The van der Waals surface area contributed by atoms with Gasteiger partial charge in [-0.05, 0) is 43.7 Å². The number of rotatable bonds is 6. The Labute approximate surface area is 153 Å². The maximum Gasteiger partial charge on any atom is 0.257 e. The Morgan fingerprint density at radius 2 is 1.92 bits per heavy atom. The van der Waals surface area contributed by atoms with Crippen LogP contribution in [0.2, 0.25) is 0 Å². The molecule has 134 valence electrons. The summed E-state index contributed by atoms with van der Waals surface area (Å²) in [7, 11) is 1.81. The van der Waals surface area contributed by atoms with E-state index < -0.39 is 0 Å². The molecule has 1 amide bonds. The second-order valence-corrected chi connectivity index (χ2v) is 5.95. The third-order valence-corrected chi connectivity index (χ3v) is 4.38. The topological polar surface area (TPSA) is 60.2 Å². The molecule has 0 radical (unpaired) electrons. The van der Waals surface area contributed by atoms with Crippen LogP contribution in [0.3, 0.4) is 0 Å². The van der Waals surface area contributed by atoms with E-state index in [0.29, 0.717) is 17.9 Å². The molecule has 2 aromatic carbocycles. The lowest BCUT2D eigenvalue weighted by atomic mass is 10.1. The summed E-state index contributed by atoms with van der Waals surface area (Å²) in [5, 5.41) is 4.12. The van der Waals surface area contributed by atoms with Crippen LogP contribution < -0.4 is 4.74 Å². The van der Waals surface area contributed by atoms with Crippen molar-refractivity contribution in [2.75, 3.05) is 13.7 Å². The van der Waals surface area contributed by atoms with Gasteiger partial charge in [-0.1, -0.05) is 24.3 Å². The Hall–Kier alpha value is -3.15. The van der Waals surface area contributed by atoms with Gasteiger partial charge in [-0.15, -0.1) is 0 Å². The van der Waals surface area contributed by atoms with E-state index in [1.807, 2.05) is 56.3 Å². The Morgan fingerprint density at radius 3 is 2.58 bits per heavy atom. The fourth-order valence-electron chi connectivity index (χ4n) is 2.76. The predicted molar refractivity (Wildman–Crippen MR) is 99.5 cm³/mol. The fraction of sp³-hybridized carbons (Fsp3) is 0.250. The maximum atomic E-state index is 12.9. The van der Waals surface area contributed by atoms with Gasteiger partial charge in [0, 0.05) is 7.05 Å². The molecule has 3 aromatic rings. The van der Waals surface area contributed by atoms with Gasteiger partial charge in [0.25, 0.3) is 5.91 Å². The average Bonchev–Trinajstić information content (AvgIpc) is 3.22. The molecule has 1 atom stereocenters. The van der Waals surface area contributed by atoms with Gasteiger partial charge >= 0.3 is 0 Å². The van der Waals surface area contributed by atoms with E-state index in [2.05, 4.69) is 10.1 Å². The Morgan fingerprint density at radius 1 is 1.19 bits per heavy atom. The van der Waals surface area contributed by atoms with Crippen molar-refractivity contribution in [3.63, 3.8) is 0 Å². The number of carbonyl (C=O) groups is 1. The van der Waals surface area contributed by atoms with Crippen molar-refractivity contribution in [3.05, 3.63) is 72.3 Å². The highest BCUT2D eigenvalue weighted by molar-refractivity contribution is 5.97. The van der Waals surface area contributed by atoms with Crippen LogP contribution in [-0.2, 0) is 0 Å². The number of amides is 1. The summed E-state index contributed by atoms with van der Waals surface area (Å²) in [6.07, 6.45) is 3.15. The Kier molecular flexibility index (Phi) is 5.31. The second kappa shape index (κ2) is 7.82. The van der Waals surface area contributed by atoms with Gasteiger partial charge in [-0.3, -0.25) is 4.79 Å². The summed E-state index contributed by atoms with van der Waals surface area (Å²) in [4.78, 5) is 18.6. The van der Waals surface area contributed by atoms with Gasteiger partial charge in [-0.25, -0.2) is 9.67 Å². The molecule has 0 spiro atoms. The van der Waals surface area contributed by atoms with Crippen molar-refractivity contribution in [1.82, 2.24) is 19.7 Å². The summed E-state index contributed by atoms with van der Waals surface area (Å²) >= 11 is 0. The van der Waals surface area contributed by atoms with Gasteiger partial charge < -0.3 is 9.64 Å². The highest BCUT2D eigenvalue weighted by Crippen LogP contribution is 2.25. The van der Waals surface area contributed by atoms with Crippen molar-refractivity contribution in [1.29, 1.82) is 0 Å². The minimum Gasteiger partial charge on any atom is -0.493 e. The molecule has 0 saturated heterocycles. The molecular weight excluding hydrogens is 328 g/mol. The van der Waals surface area contributed by atoms with Crippen molar-refractivity contribution in [2.24, 2.45) is 0 Å². The first kappa shape index (κ1) is 17.7. The fourth-order valence-corrected chi connectivity index (χ4v) is 2.76. The molecule has 1 heterocycles. The van der Waals surface area contributed by atoms with E-state index in [1.54, 1.807) is 29.0 Å². The first-order valence-electron chi connectivity index (χ1n) is 8.55. The van der Waals surface area contributed by atoms with E-state index in [0.717, 1.165) is 11.3 Å². The molecule has 0 aliphatic rings. The number of nitrogens with zero attached hydrogens (tertiary/aromatic N) is 4. The smallest absolute Gasteiger partial charge is 0.257 e. The minimum absolute atomic E-state index is 0.0677. The van der Waals surface area contributed by atoms with E-state index in [1.165, 1.54) is 6.33 Å². The maximum absolute atomic E-state index is 12.9. The number of ether oxygens (including phenoxy) is 1. The van der Waals surface area contributed by atoms with Gasteiger partial charge in [0.05, 0.1) is 23.9 Å². The summed E-state index contributed by atoms with van der Waals surface area (Å²) in [5.74, 6) is 0.544. The molecule has 6 heteroatoms. The van der Waals surface area contributed by atoms with Crippen molar-refractivity contribution < 1.29 is 9.53 Å². The third-order valence-electron chi connectivity index (χ3n) is 4.38. The Bertz CT molecular complexity index is 860. The molecule has 26 heavy (non-hydrogen) atoms. The summed E-state index contributed by atoms with van der Waals surface area (Å²) in [6, 6.07) is 15.2. The second-order valence-electron chi connectivity index (χ2n) is 5.95. The van der Waals surface area contributed by atoms with Crippen LogP contribution in [0.5, 0.6) is 5.75 Å². The van der Waals surface area contributed by atoms with E-state index >= 15 is 0 Å². The van der Waals surface area contributed by atoms with Crippen LogP contribution in [0, 0.1) is 0 Å². The molecule has 0 N–H and O–H groups in total. The van der Waals surface area contributed by atoms with E-state index in [9.17, 15) is 4.79 Å². The molecule has 0 aliphatic carbocycles. The molecule has 0 fully saturated rings. The van der Waals surface area contributed by atoms with E-state index in [4.69, 9.17) is 4.74 Å². The molecule has 3 rings (SSSR count). The summed E-state index contributed by atoms with van der Waals surface area (Å²) in [6.45, 7) is 4.43. The lowest BCUT2D eigenvalue weighted by Gasteiger charge is -2.26. The largest absolute Gasteiger partial charge is 0.493 e. The van der Waals surface area contributed by atoms with Crippen LogP contribution in [0.15, 0.2) is 61.2 Å². The first-order valence-corrected chi connectivity index (χ1v) is 8.55. The SMILES string of the molecule is CCOc1ccccc1C(=O)N(C)C(C)c1ccc(-n2cncn2)cc1. The van der Waals surface area contributed by atoms with Crippen molar-refractivity contribution >= 4 is 5.91 Å².